The zero-order valence-electron chi connectivity index (χ0n) is 12.8. The molecule has 0 aliphatic heterocycles. The van der Waals surface area contributed by atoms with Crippen molar-refractivity contribution in [3.8, 4) is 0 Å². The van der Waals surface area contributed by atoms with Gasteiger partial charge >= 0.3 is 0 Å². The van der Waals surface area contributed by atoms with Gasteiger partial charge in [0, 0.05) is 13.6 Å². The molecule has 1 rings (SSSR count). The summed E-state index contributed by atoms with van der Waals surface area (Å²) in [5.41, 5.74) is 1.06. The van der Waals surface area contributed by atoms with Crippen LogP contribution in [0, 0.1) is 19.8 Å². The summed E-state index contributed by atoms with van der Waals surface area (Å²) < 4.78 is 28.7. The molecule has 0 aliphatic carbocycles. The van der Waals surface area contributed by atoms with Crippen molar-refractivity contribution >= 4 is 10.0 Å². The van der Waals surface area contributed by atoms with Crippen molar-refractivity contribution in [1.82, 2.24) is 14.5 Å². The van der Waals surface area contributed by atoms with Crippen LogP contribution in [0.3, 0.4) is 0 Å². The Labute approximate surface area is 121 Å². The number of rotatable bonds is 7. The summed E-state index contributed by atoms with van der Waals surface area (Å²) in [6, 6.07) is 0. The van der Waals surface area contributed by atoms with Crippen LogP contribution in [0.2, 0.25) is 0 Å². The quantitative estimate of drug-likeness (QED) is 0.790. The predicted octanol–water partition coefficient (Wildman–Crippen LogP) is 1.11. The molecule has 0 aromatic carbocycles. The van der Waals surface area contributed by atoms with Crippen LogP contribution in [-0.2, 0) is 17.1 Å². The molecule has 0 spiro atoms. The molecule has 0 aliphatic rings. The Hall–Kier alpha value is -0.920. The van der Waals surface area contributed by atoms with Crippen LogP contribution in [0.5, 0.6) is 0 Å². The van der Waals surface area contributed by atoms with Crippen molar-refractivity contribution in [3.63, 3.8) is 0 Å². The smallest absolute Gasteiger partial charge is 0.244 e. The summed E-state index contributed by atoms with van der Waals surface area (Å²) in [4.78, 5) is 0.205. The first-order chi connectivity index (χ1) is 9.24. The zero-order valence-corrected chi connectivity index (χ0v) is 13.7. The highest BCUT2D eigenvalue weighted by atomic mass is 32.2. The molecule has 1 atom stereocenters. The summed E-state index contributed by atoms with van der Waals surface area (Å²) in [5, 5.41) is 14.1. The minimum absolute atomic E-state index is 0.0302. The third kappa shape index (κ3) is 3.59. The molecule has 20 heavy (non-hydrogen) atoms. The Bertz CT molecular complexity index is 547. The van der Waals surface area contributed by atoms with Gasteiger partial charge in [-0.05, 0) is 19.8 Å². The van der Waals surface area contributed by atoms with Gasteiger partial charge in [0.05, 0.1) is 17.5 Å². The minimum atomic E-state index is -3.64. The van der Waals surface area contributed by atoms with E-state index in [2.05, 4.69) is 9.82 Å². The van der Waals surface area contributed by atoms with Gasteiger partial charge in [-0.15, -0.1) is 0 Å². The van der Waals surface area contributed by atoms with Crippen molar-refractivity contribution < 1.29 is 13.5 Å². The van der Waals surface area contributed by atoms with Gasteiger partial charge in [-0.25, -0.2) is 13.1 Å². The molecule has 1 aromatic rings. The lowest BCUT2D eigenvalue weighted by Crippen LogP contribution is -2.36. The van der Waals surface area contributed by atoms with E-state index in [1.807, 2.05) is 13.8 Å². The second-order valence-corrected chi connectivity index (χ2v) is 6.82. The summed E-state index contributed by atoms with van der Waals surface area (Å²) in [5.74, 6) is 0.105. The number of nitrogens with one attached hydrogen (secondary N) is 1. The normalized spacial score (nSPS) is 13.9. The first-order valence-corrected chi connectivity index (χ1v) is 8.40. The van der Waals surface area contributed by atoms with Crippen molar-refractivity contribution in [2.45, 2.75) is 51.5 Å². The Balaban J connectivity index is 2.86. The minimum Gasteiger partial charge on any atom is -0.391 e. The van der Waals surface area contributed by atoms with E-state index < -0.39 is 16.1 Å². The van der Waals surface area contributed by atoms with Gasteiger partial charge in [-0.2, -0.15) is 5.10 Å². The lowest BCUT2D eigenvalue weighted by atomic mass is 9.97. The highest BCUT2D eigenvalue weighted by molar-refractivity contribution is 7.89. The monoisotopic (exact) mass is 303 g/mol. The first kappa shape index (κ1) is 17.1. The van der Waals surface area contributed by atoms with Crippen LogP contribution in [0.4, 0.5) is 0 Å². The standard InChI is InChI=1S/C13H25N3O3S/c1-6-11(7-2)12(17)8-14-20(18,19)13-9(3)15-16(5)10(13)4/h11-12,14,17H,6-8H2,1-5H3/t12-/m1/s1. The molecule has 0 saturated heterocycles. The molecule has 0 saturated carbocycles. The third-order valence-electron chi connectivity index (χ3n) is 3.79. The molecule has 2 N–H and O–H groups in total. The maximum Gasteiger partial charge on any atom is 0.244 e. The SMILES string of the molecule is CCC(CC)[C@H](O)CNS(=O)(=O)c1c(C)nn(C)c1C. The lowest BCUT2D eigenvalue weighted by molar-refractivity contribution is 0.107. The molecule has 0 unspecified atom stereocenters. The number of nitrogens with zero attached hydrogens (tertiary/aromatic N) is 2. The third-order valence-corrected chi connectivity index (χ3v) is 5.46. The van der Waals surface area contributed by atoms with E-state index in [9.17, 15) is 13.5 Å². The highest BCUT2D eigenvalue weighted by Crippen LogP contribution is 2.19. The predicted molar refractivity (Wildman–Crippen MR) is 77.9 cm³/mol. The number of aliphatic hydroxyl groups is 1. The van der Waals surface area contributed by atoms with E-state index in [1.165, 1.54) is 0 Å². The fourth-order valence-electron chi connectivity index (χ4n) is 2.41. The largest absolute Gasteiger partial charge is 0.391 e. The van der Waals surface area contributed by atoms with Crippen LogP contribution < -0.4 is 4.72 Å². The lowest BCUT2D eigenvalue weighted by Gasteiger charge is -2.20. The van der Waals surface area contributed by atoms with E-state index in [1.54, 1.807) is 25.6 Å². The van der Waals surface area contributed by atoms with E-state index in [0.717, 1.165) is 12.8 Å². The van der Waals surface area contributed by atoms with Crippen LogP contribution in [0.25, 0.3) is 0 Å². The Kier molecular flexibility index (Phi) is 5.73. The first-order valence-electron chi connectivity index (χ1n) is 6.92. The molecule has 0 bridgehead atoms. The second-order valence-electron chi connectivity index (χ2n) is 5.12. The van der Waals surface area contributed by atoms with E-state index in [0.29, 0.717) is 11.4 Å². The van der Waals surface area contributed by atoms with Gasteiger partial charge < -0.3 is 5.11 Å². The van der Waals surface area contributed by atoms with Gasteiger partial charge in [0.15, 0.2) is 0 Å². The maximum absolute atomic E-state index is 12.3. The van der Waals surface area contributed by atoms with Crippen molar-refractivity contribution in [1.29, 1.82) is 0 Å². The number of sulfonamides is 1. The molecule has 0 radical (unpaired) electrons. The van der Waals surface area contributed by atoms with Crippen molar-refractivity contribution in [2.24, 2.45) is 13.0 Å². The average molecular weight is 303 g/mol. The van der Waals surface area contributed by atoms with Gasteiger partial charge in [0.2, 0.25) is 10.0 Å². The molecule has 116 valence electrons. The topological polar surface area (TPSA) is 84.2 Å². The second kappa shape index (κ2) is 6.69. The average Bonchev–Trinajstić information content (AvgIpc) is 2.63. The van der Waals surface area contributed by atoms with Crippen molar-refractivity contribution in [2.75, 3.05) is 6.54 Å². The molecule has 0 fully saturated rings. The number of hydrogen-bond donors (Lipinski definition) is 2. The van der Waals surface area contributed by atoms with Crippen molar-refractivity contribution in [3.05, 3.63) is 11.4 Å². The Morgan fingerprint density at radius 3 is 2.25 bits per heavy atom. The molecular formula is C13H25N3O3S. The fraction of sp³-hybridized carbons (Fsp3) is 0.769. The van der Waals surface area contributed by atoms with E-state index >= 15 is 0 Å². The summed E-state index contributed by atoms with van der Waals surface area (Å²) in [7, 11) is -1.93. The Morgan fingerprint density at radius 1 is 1.30 bits per heavy atom. The van der Waals surface area contributed by atoms with Gasteiger partial charge in [-0.1, -0.05) is 26.7 Å². The van der Waals surface area contributed by atoms with Crippen LogP contribution in [-0.4, -0.2) is 36.0 Å². The van der Waals surface area contributed by atoms with E-state index in [4.69, 9.17) is 0 Å². The fourth-order valence-corrected chi connectivity index (χ4v) is 3.90. The van der Waals surface area contributed by atoms with Crippen LogP contribution >= 0.6 is 0 Å². The number of aryl methyl sites for hydroxylation is 2. The summed E-state index contributed by atoms with van der Waals surface area (Å²) in [6.45, 7) is 7.38. The Morgan fingerprint density at radius 2 is 1.85 bits per heavy atom. The number of aromatic nitrogens is 2. The summed E-state index contributed by atoms with van der Waals surface area (Å²) >= 11 is 0. The maximum atomic E-state index is 12.3. The number of hydrogen-bond acceptors (Lipinski definition) is 4. The molecule has 0 amide bonds. The van der Waals surface area contributed by atoms with Crippen LogP contribution in [0.1, 0.15) is 38.1 Å². The van der Waals surface area contributed by atoms with Gasteiger partial charge in [0.25, 0.3) is 0 Å². The zero-order chi connectivity index (χ0) is 15.5. The molecule has 6 nitrogen and oxygen atoms in total. The molecular weight excluding hydrogens is 278 g/mol. The highest BCUT2D eigenvalue weighted by Gasteiger charge is 2.25. The van der Waals surface area contributed by atoms with E-state index in [-0.39, 0.29) is 17.4 Å². The molecule has 1 aromatic heterocycles. The van der Waals surface area contributed by atoms with Crippen LogP contribution in [0.15, 0.2) is 4.90 Å². The number of aliphatic hydroxyl groups excluding tert-OH is 1. The van der Waals surface area contributed by atoms with Gasteiger partial charge in [0.1, 0.15) is 4.90 Å². The molecule has 7 heteroatoms. The molecule has 1 heterocycles. The summed E-state index contributed by atoms with van der Waals surface area (Å²) in [6.07, 6.45) is 0.978. The van der Waals surface area contributed by atoms with Gasteiger partial charge in [-0.3, -0.25) is 4.68 Å².